The van der Waals surface area contributed by atoms with Gasteiger partial charge in [-0.05, 0) is 11.1 Å². The van der Waals surface area contributed by atoms with Crippen molar-refractivity contribution in [2.45, 2.75) is 6.10 Å². The first kappa shape index (κ1) is 9.31. The maximum atomic E-state index is 12.2. The van der Waals surface area contributed by atoms with Gasteiger partial charge in [-0.3, -0.25) is 4.79 Å². The van der Waals surface area contributed by atoms with Crippen molar-refractivity contribution in [3.05, 3.63) is 70.8 Å². The number of hydrogen-bond donors (Lipinski definition) is 0. The molecule has 2 heteroatoms. The van der Waals surface area contributed by atoms with Crippen molar-refractivity contribution >= 4 is 5.78 Å². The lowest BCUT2D eigenvalue weighted by Gasteiger charge is -2.31. The Kier molecular flexibility index (Phi) is 1.91. The van der Waals surface area contributed by atoms with Crippen molar-refractivity contribution in [3.8, 4) is 0 Å². The fourth-order valence-corrected chi connectivity index (χ4v) is 2.18. The van der Waals surface area contributed by atoms with Gasteiger partial charge in [0.1, 0.15) is 0 Å². The van der Waals surface area contributed by atoms with Crippen LogP contribution < -0.4 is 5.11 Å². The first-order valence-corrected chi connectivity index (χ1v) is 5.17. The zero-order valence-corrected chi connectivity index (χ0v) is 8.51. The summed E-state index contributed by atoms with van der Waals surface area (Å²) in [6, 6.07) is 14.1. The molecule has 16 heavy (non-hydrogen) atoms. The van der Waals surface area contributed by atoms with Crippen LogP contribution >= 0.6 is 0 Å². The van der Waals surface area contributed by atoms with E-state index in [1.807, 2.05) is 0 Å². The second-order valence-corrected chi connectivity index (χ2v) is 3.88. The molecule has 0 bridgehead atoms. The maximum absolute atomic E-state index is 12.2. The minimum Gasteiger partial charge on any atom is -0.845 e. The predicted octanol–water partition coefficient (Wildman–Crippen LogP) is 1.68. The Morgan fingerprint density at radius 2 is 1.25 bits per heavy atom. The minimum absolute atomic E-state index is 0.0432. The van der Waals surface area contributed by atoms with E-state index in [9.17, 15) is 9.90 Å². The van der Waals surface area contributed by atoms with Crippen molar-refractivity contribution in [2.24, 2.45) is 0 Å². The number of fused-ring (bicyclic) bond motifs is 2. The first-order chi connectivity index (χ1) is 7.79. The van der Waals surface area contributed by atoms with Gasteiger partial charge < -0.3 is 5.11 Å². The molecule has 0 aromatic heterocycles. The SMILES string of the molecule is O=C1c2ccccc2C([O-])c2ccccc21. The fraction of sp³-hybridized carbons (Fsp3) is 0.0714. The lowest BCUT2D eigenvalue weighted by Crippen LogP contribution is -2.27. The molecule has 0 unspecified atom stereocenters. The third-order valence-corrected chi connectivity index (χ3v) is 2.98. The van der Waals surface area contributed by atoms with Crippen LogP contribution in [0.3, 0.4) is 0 Å². The van der Waals surface area contributed by atoms with E-state index in [2.05, 4.69) is 0 Å². The Morgan fingerprint density at radius 3 is 1.75 bits per heavy atom. The van der Waals surface area contributed by atoms with Crippen molar-refractivity contribution in [1.82, 2.24) is 0 Å². The lowest BCUT2D eigenvalue weighted by atomic mass is 9.83. The standard InChI is InChI=1S/C14H9O2/c15-13-9-5-1-2-6-10(9)14(16)12-8-4-3-7-11(12)13/h1-8,13H/q-1. The van der Waals surface area contributed by atoms with E-state index >= 15 is 0 Å². The number of carbonyl (C=O) groups excluding carboxylic acids is 1. The summed E-state index contributed by atoms with van der Waals surface area (Å²) in [7, 11) is 0. The van der Waals surface area contributed by atoms with Gasteiger partial charge in [0.05, 0.1) is 0 Å². The van der Waals surface area contributed by atoms with Gasteiger partial charge >= 0.3 is 0 Å². The van der Waals surface area contributed by atoms with Crippen LogP contribution in [0, 0.1) is 0 Å². The van der Waals surface area contributed by atoms with E-state index in [1.54, 1.807) is 48.5 Å². The summed E-state index contributed by atoms with van der Waals surface area (Å²) in [5.74, 6) is -0.0432. The highest BCUT2D eigenvalue weighted by Gasteiger charge is 2.23. The highest BCUT2D eigenvalue weighted by molar-refractivity contribution is 6.12. The van der Waals surface area contributed by atoms with Crippen molar-refractivity contribution in [2.75, 3.05) is 0 Å². The first-order valence-electron chi connectivity index (χ1n) is 5.17. The van der Waals surface area contributed by atoms with Gasteiger partial charge in [0.2, 0.25) is 0 Å². The Morgan fingerprint density at radius 1 is 0.812 bits per heavy atom. The highest BCUT2D eigenvalue weighted by Crippen LogP contribution is 2.32. The molecule has 0 amide bonds. The summed E-state index contributed by atoms with van der Waals surface area (Å²) in [5.41, 5.74) is 2.26. The van der Waals surface area contributed by atoms with Gasteiger partial charge in [-0.15, -0.1) is 0 Å². The van der Waals surface area contributed by atoms with E-state index < -0.39 is 6.10 Å². The number of carbonyl (C=O) groups is 1. The van der Waals surface area contributed by atoms with Crippen LogP contribution in [0.4, 0.5) is 0 Å². The molecule has 0 saturated heterocycles. The molecule has 0 radical (unpaired) electrons. The van der Waals surface area contributed by atoms with Crippen LogP contribution in [0.1, 0.15) is 33.2 Å². The summed E-state index contributed by atoms with van der Waals surface area (Å²) in [5, 5.41) is 12.2. The molecule has 2 aromatic carbocycles. The summed E-state index contributed by atoms with van der Waals surface area (Å²) in [6.45, 7) is 0. The monoisotopic (exact) mass is 209 g/mol. The predicted molar refractivity (Wildman–Crippen MR) is 58.2 cm³/mol. The van der Waals surface area contributed by atoms with Gasteiger partial charge in [0, 0.05) is 11.1 Å². The normalized spacial score (nSPS) is 14.4. The number of hydrogen-bond acceptors (Lipinski definition) is 2. The lowest BCUT2D eigenvalue weighted by molar-refractivity contribution is -0.412. The molecule has 0 spiro atoms. The summed E-state index contributed by atoms with van der Waals surface area (Å²) in [4.78, 5) is 12.1. The van der Waals surface area contributed by atoms with Crippen LogP contribution in [0.25, 0.3) is 0 Å². The molecule has 2 aromatic rings. The van der Waals surface area contributed by atoms with Crippen LogP contribution in [0.2, 0.25) is 0 Å². The zero-order chi connectivity index (χ0) is 11.1. The molecule has 78 valence electrons. The second kappa shape index (κ2) is 3.29. The second-order valence-electron chi connectivity index (χ2n) is 3.88. The van der Waals surface area contributed by atoms with Gasteiger partial charge in [0.15, 0.2) is 5.78 Å². The molecule has 2 nitrogen and oxygen atoms in total. The van der Waals surface area contributed by atoms with E-state index in [4.69, 9.17) is 0 Å². The zero-order valence-electron chi connectivity index (χ0n) is 8.51. The highest BCUT2D eigenvalue weighted by atomic mass is 16.3. The molecule has 0 N–H and O–H groups in total. The Balaban J connectivity index is 2.30. The summed E-state index contributed by atoms with van der Waals surface area (Å²) >= 11 is 0. The van der Waals surface area contributed by atoms with Gasteiger partial charge in [-0.2, -0.15) is 0 Å². The Bertz CT molecular complexity index is 523. The van der Waals surface area contributed by atoms with Crippen molar-refractivity contribution in [3.63, 3.8) is 0 Å². The molecule has 3 rings (SSSR count). The summed E-state index contributed by atoms with van der Waals surface area (Å²) in [6.07, 6.45) is -0.940. The third-order valence-electron chi connectivity index (χ3n) is 2.98. The van der Waals surface area contributed by atoms with Crippen LogP contribution in [-0.2, 0) is 0 Å². The molecular formula is C14H9O2-. The third kappa shape index (κ3) is 1.14. The van der Waals surface area contributed by atoms with Crippen LogP contribution in [0.15, 0.2) is 48.5 Å². The molecule has 0 fully saturated rings. The van der Waals surface area contributed by atoms with Crippen LogP contribution in [-0.4, -0.2) is 5.78 Å². The fourth-order valence-electron chi connectivity index (χ4n) is 2.18. The maximum Gasteiger partial charge on any atom is 0.193 e. The Hall–Kier alpha value is -1.93. The van der Waals surface area contributed by atoms with E-state index in [0.717, 1.165) is 0 Å². The molecule has 0 aliphatic heterocycles. The number of benzene rings is 2. The quantitative estimate of drug-likeness (QED) is 0.662. The molecule has 0 heterocycles. The molecular weight excluding hydrogens is 200 g/mol. The largest absolute Gasteiger partial charge is 0.845 e. The Labute approximate surface area is 93.2 Å². The number of rotatable bonds is 0. The van der Waals surface area contributed by atoms with E-state index in [0.29, 0.717) is 22.3 Å². The average molecular weight is 209 g/mol. The smallest absolute Gasteiger partial charge is 0.193 e. The van der Waals surface area contributed by atoms with Gasteiger partial charge in [-0.1, -0.05) is 54.6 Å². The molecule has 0 atom stereocenters. The average Bonchev–Trinajstić information content (AvgIpc) is 2.36. The summed E-state index contributed by atoms with van der Waals surface area (Å²) < 4.78 is 0. The van der Waals surface area contributed by atoms with Gasteiger partial charge in [-0.25, -0.2) is 0 Å². The topological polar surface area (TPSA) is 40.1 Å². The molecule has 1 aliphatic carbocycles. The van der Waals surface area contributed by atoms with Crippen molar-refractivity contribution in [1.29, 1.82) is 0 Å². The van der Waals surface area contributed by atoms with Gasteiger partial charge in [0.25, 0.3) is 0 Å². The minimum atomic E-state index is -0.940. The number of ketones is 1. The van der Waals surface area contributed by atoms with Crippen molar-refractivity contribution < 1.29 is 9.90 Å². The molecule has 0 saturated carbocycles. The van der Waals surface area contributed by atoms with Crippen LogP contribution in [0.5, 0.6) is 0 Å². The molecule has 1 aliphatic rings. The van der Waals surface area contributed by atoms with E-state index in [1.165, 1.54) is 0 Å². The van der Waals surface area contributed by atoms with E-state index in [-0.39, 0.29) is 5.78 Å².